The van der Waals surface area contributed by atoms with Crippen LogP contribution in [0.3, 0.4) is 0 Å². The highest BCUT2D eigenvalue weighted by Gasteiger charge is 2.04. The Morgan fingerprint density at radius 3 is 2.10 bits per heavy atom. The van der Waals surface area contributed by atoms with Gasteiger partial charge in [-0.1, -0.05) is 12.7 Å². The molecule has 0 spiro atoms. The monoisotopic (exact) mass is 140 g/mol. The normalized spacial score (nSPS) is 11.9. The molecule has 0 bridgehead atoms. The predicted molar refractivity (Wildman–Crippen MR) is 40.6 cm³/mol. The number of carbonyl (C=O) groups is 1. The Kier molecular flexibility index (Phi) is 3.47. The minimum Gasteiger partial charge on any atom is -0.493 e. The van der Waals surface area contributed by atoms with Crippen molar-refractivity contribution < 1.29 is 9.53 Å². The smallest absolute Gasteiger partial charge is 0.194 e. The first-order chi connectivity index (χ1) is 4.63. The fourth-order valence-corrected chi connectivity index (χ4v) is 0.675. The molecule has 2 nitrogen and oxygen atoms in total. The molecule has 0 saturated carbocycles. The van der Waals surface area contributed by atoms with Gasteiger partial charge in [-0.3, -0.25) is 4.79 Å². The van der Waals surface area contributed by atoms with Crippen LogP contribution in [0, 0.1) is 0 Å². The standard InChI is InChI=1S/C8H12O2/c1-5-6(2)8(10-4)7(3)9/h5H,1H2,2-4H3/b8-6-. The van der Waals surface area contributed by atoms with Crippen LogP contribution >= 0.6 is 0 Å². The summed E-state index contributed by atoms with van der Waals surface area (Å²) < 4.78 is 4.82. The van der Waals surface area contributed by atoms with Crippen LogP contribution < -0.4 is 0 Å². The average molecular weight is 140 g/mol. The zero-order valence-electron chi connectivity index (χ0n) is 6.60. The number of allylic oxidation sites excluding steroid dienone is 3. The van der Waals surface area contributed by atoms with Crippen molar-refractivity contribution in [2.24, 2.45) is 0 Å². The molecular weight excluding hydrogens is 128 g/mol. The fourth-order valence-electron chi connectivity index (χ4n) is 0.675. The molecule has 0 aliphatic rings. The summed E-state index contributed by atoms with van der Waals surface area (Å²) >= 11 is 0. The predicted octanol–water partition coefficient (Wildman–Crippen LogP) is 1.68. The van der Waals surface area contributed by atoms with Crippen molar-refractivity contribution in [2.45, 2.75) is 13.8 Å². The molecule has 0 aliphatic heterocycles. The van der Waals surface area contributed by atoms with Gasteiger partial charge in [-0.25, -0.2) is 0 Å². The number of carbonyl (C=O) groups excluding carboxylic acids is 1. The first-order valence-electron chi connectivity index (χ1n) is 3.01. The highest BCUT2D eigenvalue weighted by atomic mass is 16.5. The molecule has 10 heavy (non-hydrogen) atoms. The van der Waals surface area contributed by atoms with Crippen molar-refractivity contribution >= 4 is 5.78 Å². The molecule has 0 aromatic rings. The van der Waals surface area contributed by atoms with Crippen LogP contribution in [0.5, 0.6) is 0 Å². The molecule has 0 heterocycles. The van der Waals surface area contributed by atoms with Crippen molar-refractivity contribution in [3.8, 4) is 0 Å². The van der Waals surface area contributed by atoms with Gasteiger partial charge in [0.05, 0.1) is 7.11 Å². The summed E-state index contributed by atoms with van der Waals surface area (Å²) in [5, 5.41) is 0. The molecule has 0 amide bonds. The number of hydrogen-bond donors (Lipinski definition) is 0. The van der Waals surface area contributed by atoms with Gasteiger partial charge in [0, 0.05) is 6.92 Å². The van der Waals surface area contributed by atoms with E-state index in [0.717, 1.165) is 5.57 Å². The zero-order valence-corrected chi connectivity index (χ0v) is 6.60. The molecule has 0 aliphatic carbocycles. The van der Waals surface area contributed by atoms with E-state index in [4.69, 9.17) is 4.74 Å². The van der Waals surface area contributed by atoms with Gasteiger partial charge in [0.1, 0.15) is 0 Å². The van der Waals surface area contributed by atoms with E-state index in [1.54, 1.807) is 13.0 Å². The van der Waals surface area contributed by atoms with Crippen molar-refractivity contribution in [1.29, 1.82) is 0 Å². The topological polar surface area (TPSA) is 26.3 Å². The van der Waals surface area contributed by atoms with Crippen molar-refractivity contribution in [3.05, 3.63) is 24.0 Å². The quantitative estimate of drug-likeness (QED) is 0.338. The Morgan fingerprint density at radius 1 is 1.50 bits per heavy atom. The maximum atomic E-state index is 10.7. The van der Waals surface area contributed by atoms with Gasteiger partial charge in [0.25, 0.3) is 0 Å². The van der Waals surface area contributed by atoms with Crippen molar-refractivity contribution in [1.82, 2.24) is 0 Å². The Bertz CT molecular complexity index is 178. The van der Waals surface area contributed by atoms with Gasteiger partial charge < -0.3 is 4.74 Å². The molecule has 0 aromatic carbocycles. The van der Waals surface area contributed by atoms with Crippen LogP contribution in [0.2, 0.25) is 0 Å². The average Bonchev–Trinajstić information content (AvgIpc) is 1.88. The van der Waals surface area contributed by atoms with E-state index in [0.29, 0.717) is 5.76 Å². The van der Waals surface area contributed by atoms with Gasteiger partial charge in [-0.05, 0) is 12.5 Å². The van der Waals surface area contributed by atoms with E-state index in [1.165, 1.54) is 14.0 Å². The van der Waals surface area contributed by atoms with E-state index in [1.807, 2.05) is 0 Å². The molecule has 56 valence electrons. The molecular formula is C8H12O2. The van der Waals surface area contributed by atoms with Crippen LogP contribution in [0.15, 0.2) is 24.0 Å². The van der Waals surface area contributed by atoms with Crippen molar-refractivity contribution in [3.63, 3.8) is 0 Å². The molecule has 0 radical (unpaired) electrons. The van der Waals surface area contributed by atoms with Crippen LogP contribution in [-0.2, 0) is 9.53 Å². The van der Waals surface area contributed by atoms with E-state index in [9.17, 15) is 4.79 Å². The lowest BCUT2D eigenvalue weighted by Crippen LogP contribution is -2.00. The molecule has 0 saturated heterocycles. The summed E-state index contributed by atoms with van der Waals surface area (Å²) in [6, 6.07) is 0. The van der Waals surface area contributed by atoms with Gasteiger partial charge in [-0.15, -0.1) is 0 Å². The van der Waals surface area contributed by atoms with Crippen LogP contribution in [0.4, 0.5) is 0 Å². The fraction of sp³-hybridized carbons (Fsp3) is 0.375. The molecule has 0 fully saturated rings. The molecule has 2 heteroatoms. The van der Waals surface area contributed by atoms with Crippen LogP contribution in [0.25, 0.3) is 0 Å². The van der Waals surface area contributed by atoms with E-state index < -0.39 is 0 Å². The molecule has 0 aromatic heterocycles. The number of Topliss-reactive ketones (excluding diaryl/α,β-unsaturated/α-hetero) is 1. The van der Waals surface area contributed by atoms with Crippen LogP contribution in [-0.4, -0.2) is 12.9 Å². The molecule has 0 unspecified atom stereocenters. The molecule has 0 N–H and O–H groups in total. The van der Waals surface area contributed by atoms with Gasteiger partial charge in [0.2, 0.25) is 0 Å². The second-order valence-corrected chi connectivity index (χ2v) is 1.98. The Morgan fingerprint density at radius 2 is 2.00 bits per heavy atom. The number of ketones is 1. The number of rotatable bonds is 3. The zero-order chi connectivity index (χ0) is 8.15. The number of ether oxygens (including phenoxy) is 1. The summed E-state index contributed by atoms with van der Waals surface area (Å²) in [4.78, 5) is 10.7. The van der Waals surface area contributed by atoms with Crippen LogP contribution in [0.1, 0.15) is 13.8 Å². The van der Waals surface area contributed by atoms with E-state index in [-0.39, 0.29) is 5.78 Å². The lowest BCUT2D eigenvalue weighted by atomic mass is 10.2. The van der Waals surface area contributed by atoms with Gasteiger partial charge in [0.15, 0.2) is 11.5 Å². The Labute approximate surface area is 61.2 Å². The van der Waals surface area contributed by atoms with E-state index in [2.05, 4.69) is 6.58 Å². The largest absolute Gasteiger partial charge is 0.493 e. The lowest BCUT2D eigenvalue weighted by molar-refractivity contribution is -0.116. The minimum absolute atomic E-state index is 0.0695. The molecule has 0 rings (SSSR count). The number of hydrogen-bond acceptors (Lipinski definition) is 2. The highest BCUT2D eigenvalue weighted by Crippen LogP contribution is 2.05. The summed E-state index contributed by atoms with van der Waals surface area (Å²) in [6.45, 7) is 6.77. The first-order valence-corrected chi connectivity index (χ1v) is 3.01. The first kappa shape index (κ1) is 8.95. The third-order valence-corrected chi connectivity index (χ3v) is 1.19. The Hall–Kier alpha value is -1.05. The maximum Gasteiger partial charge on any atom is 0.194 e. The third kappa shape index (κ3) is 2.05. The SMILES string of the molecule is C=C/C(C)=C(\OC)C(C)=O. The van der Waals surface area contributed by atoms with Gasteiger partial charge >= 0.3 is 0 Å². The van der Waals surface area contributed by atoms with Gasteiger partial charge in [-0.2, -0.15) is 0 Å². The minimum atomic E-state index is -0.0695. The summed E-state index contributed by atoms with van der Waals surface area (Å²) in [6.07, 6.45) is 1.60. The van der Waals surface area contributed by atoms with Crippen molar-refractivity contribution in [2.75, 3.05) is 7.11 Å². The Balaban J connectivity index is 4.62. The second kappa shape index (κ2) is 3.88. The summed E-state index contributed by atoms with van der Waals surface area (Å²) in [5.74, 6) is 0.315. The summed E-state index contributed by atoms with van der Waals surface area (Å²) in [5.41, 5.74) is 0.773. The molecule has 0 atom stereocenters. The maximum absolute atomic E-state index is 10.7. The summed E-state index contributed by atoms with van der Waals surface area (Å²) in [7, 11) is 1.48. The highest BCUT2D eigenvalue weighted by molar-refractivity contribution is 5.92. The number of methoxy groups -OCH3 is 1. The third-order valence-electron chi connectivity index (χ3n) is 1.19. The second-order valence-electron chi connectivity index (χ2n) is 1.98. The lowest BCUT2D eigenvalue weighted by Gasteiger charge is -2.02. The van der Waals surface area contributed by atoms with E-state index >= 15 is 0 Å².